The lowest BCUT2D eigenvalue weighted by molar-refractivity contribution is -0.123. The number of nitrogens with two attached hydrogens (primary N) is 2. The SMILES string of the molecule is CC(CC(C)(N)C(N)=O)Oc1ccc2c(c1)CCC2. The van der Waals surface area contributed by atoms with E-state index in [1.807, 2.05) is 13.0 Å². The molecule has 0 aliphatic heterocycles. The summed E-state index contributed by atoms with van der Waals surface area (Å²) in [4.78, 5) is 11.2. The minimum atomic E-state index is -1.03. The molecule has 2 unspecified atom stereocenters. The van der Waals surface area contributed by atoms with Crippen LogP contribution in [0.5, 0.6) is 5.75 Å². The lowest BCUT2D eigenvalue weighted by Crippen LogP contribution is -2.51. The van der Waals surface area contributed by atoms with Crippen molar-refractivity contribution in [2.24, 2.45) is 11.5 Å². The second kappa shape index (κ2) is 5.21. The first-order valence-electron chi connectivity index (χ1n) is 6.76. The van der Waals surface area contributed by atoms with Gasteiger partial charge in [-0.3, -0.25) is 4.79 Å². The average Bonchev–Trinajstić information content (AvgIpc) is 2.74. The highest BCUT2D eigenvalue weighted by Gasteiger charge is 2.28. The Bertz CT molecular complexity index is 483. The van der Waals surface area contributed by atoms with E-state index in [2.05, 4.69) is 12.1 Å². The van der Waals surface area contributed by atoms with Crippen molar-refractivity contribution >= 4 is 5.91 Å². The van der Waals surface area contributed by atoms with Gasteiger partial charge in [0.1, 0.15) is 5.75 Å². The van der Waals surface area contributed by atoms with Crippen LogP contribution in [0.2, 0.25) is 0 Å². The molecule has 4 N–H and O–H groups in total. The van der Waals surface area contributed by atoms with E-state index in [9.17, 15) is 4.79 Å². The number of hydrogen-bond acceptors (Lipinski definition) is 3. The molecule has 0 spiro atoms. The summed E-state index contributed by atoms with van der Waals surface area (Å²) >= 11 is 0. The number of aryl methyl sites for hydroxylation is 2. The van der Waals surface area contributed by atoms with Crippen LogP contribution in [0, 0.1) is 0 Å². The number of rotatable bonds is 5. The molecule has 2 rings (SSSR count). The average molecular weight is 262 g/mol. The third-order valence-electron chi connectivity index (χ3n) is 3.68. The van der Waals surface area contributed by atoms with Crippen LogP contribution in [0.3, 0.4) is 0 Å². The standard InChI is InChI=1S/C15H22N2O2/c1-10(9-15(2,17)14(16)18)19-13-7-6-11-4-3-5-12(11)8-13/h6-8,10H,3-5,9,17H2,1-2H3,(H2,16,18). The molecular formula is C15H22N2O2. The first-order valence-corrected chi connectivity index (χ1v) is 6.76. The van der Waals surface area contributed by atoms with Crippen LogP contribution in [0.15, 0.2) is 18.2 Å². The molecule has 0 fully saturated rings. The van der Waals surface area contributed by atoms with Crippen LogP contribution in [0.1, 0.15) is 37.8 Å². The predicted octanol–water partition coefficient (Wildman–Crippen LogP) is 1.54. The molecule has 1 amide bonds. The van der Waals surface area contributed by atoms with E-state index in [1.165, 1.54) is 17.5 Å². The maximum absolute atomic E-state index is 11.2. The minimum Gasteiger partial charge on any atom is -0.491 e. The monoisotopic (exact) mass is 262 g/mol. The zero-order valence-corrected chi connectivity index (χ0v) is 11.6. The quantitative estimate of drug-likeness (QED) is 0.844. The van der Waals surface area contributed by atoms with E-state index in [4.69, 9.17) is 16.2 Å². The Kier molecular flexibility index (Phi) is 3.80. The van der Waals surface area contributed by atoms with Gasteiger partial charge in [0.25, 0.3) is 0 Å². The fourth-order valence-corrected chi connectivity index (χ4v) is 2.59. The third kappa shape index (κ3) is 3.26. The van der Waals surface area contributed by atoms with Crippen molar-refractivity contribution in [2.45, 2.75) is 51.2 Å². The predicted molar refractivity (Wildman–Crippen MR) is 75.0 cm³/mol. The van der Waals surface area contributed by atoms with Crippen LogP contribution < -0.4 is 16.2 Å². The van der Waals surface area contributed by atoms with E-state index < -0.39 is 11.4 Å². The number of benzene rings is 1. The maximum Gasteiger partial charge on any atom is 0.237 e. The summed E-state index contributed by atoms with van der Waals surface area (Å²) in [5, 5.41) is 0. The largest absolute Gasteiger partial charge is 0.491 e. The summed E-state index contributed by atoms with van der Waals surface area (Å²) < 4.78 is 5.84. The Morgan fingerprint density at radius 2 is 2.11 bits per heavy atom. The molecule has 4 heteroatoms. The van der Waals surface area contributed by atoms with Crippen LogP contribution in [-0.4, -0.2) is 17.6 Å². The third-order valence-corrected chi connectivity index (χ3v) is 3.68. The fraction of sp³-hybridized carbons (Fsp3) is 0.533. The molecule has 1 aromatic rings. The van der Waals surface area contributed by atoms with E-state index in [0.29, 0.717) is 6.42 Å². The lowest BCUT2D eigenvalue weighted by atomic mass is 9.95. The number of amides is 1. The molecule has 0 radical (unpaired) electrons. The number of primary amides is 1. The first kappa shape index (κ1) is 13.9. The maximum atomic E-state index is 11.2. The van der Waals surface area contributed by atoms with Gasteiger partial charge in [0.05, 0.1) is 11.6 Å². The Morgan fingerprint density at radius 3 is 2.79 bits per heavy atom. The lowest BCUT2D eigenvalue weighted by Gasteiger charge is -2.25. The Balaban J connectivity index is 1.99. The molecule has 0 aromatic heterocycles. The molecule has 0 saturated carbocycles. The van der Waals surface area contributed by atoms with Crippen molar-refractivity contribution in [1.82, 2.24) is 0 Å². The molecule has 104 valence electrons. The number of carbonyl (C=O) groups is 1. The summed E-state index contributed by atoms with van der Waals surface area (Å²) in [7, 11) is 0. The summed E-state index contributed by atoms with van der Waals surface area (Å²) in [6.07, 6.45) is 3.75. The van der Waals surface area contributed by atoms with Crippen molar-refractivity contribution in [3.63, 3.8) is 0 Å². The van der Waals surface area contributed by atoms with E-state index in [1.54, 1.807) is 6.92 Å². The molecule has 4 nitrogen and oxygen atoms in total. The molecule has 0 heterocycles. The molecule has 1 aromatic carbocycles. The van der Waals surface area contributed by atoms with Gasteiger partial charge in [0.15, 0.2) is 0 Å². The van der Waals surface area contributed by atoms with Gasteiger partial charge in [0.2, 0.25) is 5.91 Å². The Morgan fingerprint density at radius 1 is 1.42 bits per heavy atom. The Hall–Kier alpha value is -1.55. The molecule has 1 aliphatic carbocycles. The topological polar surface area (TPSA) is 78.3 Å². The first-order chi connectivity index (χ1) is 8.88. The molecule has 0 saturated heterocycles. The smallest absolute Gasteiger partial charge is 0.237 e. The highest BCUT2D eigenvalue weighted by molar-refractivity contribution is 5.83. The molecule has 0 bridgehead atoms. The zero-order chi connectivity index (χ0) is 14.0. The number of hydrogen-bond donors (Lipinski definition) is 2. The second-order valence-electron chi connectivity index (χ2n) is 5.70. The van der Waals surface area contributed by atoms with Gasteiger partial charge in [-0.05, 0) is 56.4 Å². The number of carbonyl (C=O) groups excluding carboxylic acids is 1. The van der Waals surface area contributed by atoms with Crippen LogP contribution in [-0.2, 0) is 17.6 Å². The molecule has 1 aliphatic rings. The van der Waals surface area contributed by atoms with E-state index in [-0.39, 0.29) is 6.10 Å². The van der Waals surface area contributed by atoms with Crippen molar-refractivity contribution in [3.8, 4) is 5.75 Å². The van der Waals surface area contributed by atoms with Crippen molar-refractivity contribution in [1.29, 1.82) is 0 Å². The Labute approximate surface area is 114 Å². The zero-order valence-electron chi connectivity index (χ0n) is 11.6. The van der Waals surface area contributed by atoms with Gasteiger partial charge in [-0.25, -0.2) is 0 Å². The van der Waals surface area contributed by atoms with Gasteiger partial charge in [-0.15, -0.1) is 0 Å². The van der Waals surface area contributed by atoms with E-state index >= 15 is 0 Å². The fourth-order valence-electron chi connectivity index (χ4n) is 2.59. The highest BCUT2D eigenvalue weighted by Crippen LogP contribution is 2.27. The second-order valence-corrected chi connectivity index (χ2v) is 5.70. The summed E-state index contributed by atoms with van der Waals surface area (Å²) in [5.41, 5.74) is 12.9. The van der Waals surface area contributed by atoms with Gasteiger partial charge in [-0.1, -0.05) is 6.07 Å². The van der Waals surface area contributed by atoms with Crippen LogP contribution >= 0.6 is 0 Å². The van der Waals surface area contributed by atoms with Gasteiger partial charge in [-0.2, -0.15) is 0 Å². The summed E-state index contributed by atoms with van der Waals surface area (Å²) in [5.74, 6) is 0.338. The summed E-state index contributed by atoms with van der Waals surface area (Å²) in [6, 6.07) is 6.20. The van der Waals surface area contributed by atoms with Gasteiger partial charge < -0.3 is 16.2 Å². The van der Waals surface area contributed by atoms with Gasteiger partial charge >= 0.3 is 0 Å². The minimum absolute atomic E-state index is 0.151. The van der Waals surface area contributed by atoms with Crippen molar-refractivity contribution in [3.05, 3.63) is 29.3 Å². The molecule has 2 atom stereocenters. The number of fused-ring (bicyclic) bond motifs is 1. The van der Waals surface area contributed by atoms with Gasteiger partial charge in [0, 0.05) is 6.42 Å². The number of ether oxygens (including phenoxy) is 1. The van der Waals surface area contributed by atoms with Crippen molar-refractivity contribution < 1.29 is 9.53 Å². The van der Waals surface area contributed by atoms with Crippen LogP contribution in [0.4, 0.5) is 0 Å². The normalized spacial score (nSPS) is 18.5. The van der Waals surface area contributed by atoms with E-state index in [0.717, 1.165) is 18.6 Å². The van der Waals surface area contributed by atoms with Crippen molar-refractivity contribution in [2.75, 3.05) is 0 Å². The molecular weight excluding hydrogens is 240 g/mol. The summed E-state index contributed by atoms with van der Waals surface area (Å²) in [6.45, 7) is 3.54. The van der Waals surface area contributed by atoms with Crippen LogP contribution in [0.25, 0.3) is 0 Å². The highest BCUT2D eigenvalue weighted by atomic mass is 16.5. The molecule has 19 heavy (non-hydrogen) atoms.